The Labute approximate surface area is 115 Å². The maximum absolute atomic E-state index is 5.79. The van der Waals surface area contributed by atoms with Gasteiger partial charge in [0.1, 0.15) is 5.82 Å². The summed E-state index contributed by atoms with van der Waals surface area (Å²) in [7, 11) is 0. The van der Waals surface area contributed by atoms with E-state index in [2.05, 4.69) is 56.9 Å². The summed E-state index contributed by atoms with van der Waals surface area (Å²) in [4.78, 5) is 8.11. The summed E-state index contributed by atoms with van der Waals surface area (Å²) < 4.78 is 0. The maximum Gasteiger partial charge on any atom is 0.107 e. The van der Waals surface area contributed by atoms with Crippen LogP contribution >= 0.6 is 0 Å². The number of aromatic amines is 1. The van der Waals surface area contributed by atoms with Crippen LogP contribution < -0.4 is 5.73 Å². The van der Waals surface area contributed by atoms with E-state index in [1.54, 1.807) is 0 Å². The minimum atomic E-state index is 0.0782. The van der Waals surface area contributed by atoms with Crippen molar-refractivity contribution in [2.75, 3.05) is 6.54 Å². The molecule has 0 saturated heterocycles. The van der Waals surface area contributed by atoms with Crippen LogP contribution in [0.5, 0.6) is 0 Å². The fourth-order valence-electron chi connectivity index (χ4n) is 2.12. The maximum atomic E-state index is 5.79. The van der Waals surface area contributed by atoms with Crippen LogP contribution in [0.15, 0.2) is 24.3 Å². The average molecular weight is 257 g/mol. The first-order chi connectivity index (χ1) is 8.91. The third-order valence-electron chi connectivity index (χ3n) is 3.46. The largest absolute Gasteiger partial charge is 0.346 e. The van der Waals surface area contributed by atoms with Crippen LogP contribution in [-0.4, -0.2) is 16.5 Å². The number of H-pyrrole nitrogens is 1. The quantitative estimate of drug-likeness (QED) is 0.883. The van der Waals surface area contributed by atoms with Crippen molar-refractivity contribution in [1.82, 2.24) is 9.97 Å². The Morgan fingerprint density at radius 2 is 1.79 bits per heavy atom. The highest BCUT2D eigenvalue weighted by Gasteiger charge is 2.19. The van der Waals surface area contributed by atoms with Gasteiger partial charge in [-0.2, -0.15) is 0 Å². The summed E-state index contributed by atoms with van der Waals surface area (Å²) >= 11 is 0. The lowest BCUT2D eigenvalue weighted by Gasteiger charge is -2.20. The Balaban J connectivity index is 2.29. The first-order valence-electron chi connectivity index (χ1n) is 6.74. The molecule has 3 heteroatoms. The zero-order valence-corrected chi connectivity index (χ0v) is 12.2. The van der Waals surface area contributed by atoms with Gasteiger partial charge in [-0.05, 0) is 25.8 Å². The molecule has 0 bridgehead atoms. The summed E-state index contributed by atoms with van der Waals surface area (Å²) in [6.07, 6.45) is 0.871. The lowest BCUT2D eigenvalue weighted by Crippen LogP contribution is -2.26. The number of nitrogens with two attached hydrogens (primary N) is 1. The molecule has 0 atom stereocenters. The fraction of sp³-hybridized carbons (Fsp3) is 0.438. The second-order valence-corrected chi connectivity index (χ2v) is 6.07. The molecular weight excluding hydrogens is 234 g/mol. The number of nitrogens with zero attached hydrogens (tertiary/aromatic N) is 1. The van der Waals surface area contributed by atoms with Crippen molar-refractivity contribution in [2.45, 2.75) is 34.1 Å². The monoisotopic (exact) mass is 257 g/mol. The number of nitrogens with one attached hydrogen (secondary N) is 1. The molecular formula is C16H23N3. The zero-order valence-electron chi connectivity index (χ0n) is 12.2. The second kappa shape index (κ2) is 5.17. The summed E-state index contributed by atoms with van der Waals surface area (Å²) in [5, 5.41) is 0. The van der Waals surface area contributed by atoms with Crippen molar-refractivity contribution in [3.8, 4) is 11.3 Å². The summed E-state index contributed by atoms with van der Waals surface area (Å²) in [6.45, 7) is 9.15. The molecule has 3 N–H and O–H groups in total. The van der Waals surface area contributed by atoms with Crippen LogP contribution in [0.2, 0.25) is 0 Å². The predicted octanol–water partition coefficient (Wildman–Crippen LogP) is 3.22. The highest BCUT2D eigenvalue weighted by molar-refractivity contribution is 5.62. The molecule has 2 rings (SSSR count). The van der Waals surface area contributed by atoms with E-state index in [4.69, 9.17) is 10.7 Å². The van der Waals surface area contributed by atoms with Gasteiger partial charge in [-0.1, -0.05) is 43.7 Å². The molecule has 0 aliphatic rings. The van der Waals surface area contributed by atoms with Crippen molar-refractivity contribution in [2.24, 2.45) is 11.1 Å². The van der Waals surface area contributed by atoms with E-state index >= 15 is 0 Å². The van der Waals surface area contributed by atoms with Crippen LogP contribution in [-0.2, 0) is 6.42 Å². The van der Waals surface area contributed by atoms with Gasteiger partial charge >= 0.3 is 0 Å². The molecule has 3 nitrogen and oxygen atoms in total. The van der Waals surface area contributed by atoms with E-state index in [-0.39, 0.29) is 5.41 Å². The van der Waals surface area contributed by atoms with Gasteiger partial charge < -0.3 is 10.7 Å². The van der Waals surface area contributed by atoms with E-state index in [0.717, 1.165) is 29.2 Å². The molecule has 2 aromatic rings. The van der Waals surface area contributed by atoms with Crippen molar-refractivity contribution in [1.29, 1.82) is 0 Å². The number of hydrogen-bond donors (Lipinski definition) is 2. The summed E-state index contributed by atoms with van der Waals surface area (Å²) in [6, 6.07) is 8.48. The van der Waals surface area contributed by atoms with E-state index in [1.807, 2.05) is 0 Å². The summed E-state index contributed by atoms with van der Waals surface area (Å²) in [5.41, 5.74) is 10.5. The normalized spacial score (nSPS) is 11.8. The van der Waals surface area contributed by atoms with Gasteiger partial charge in [0.05, 0.1) is 5.69 Å². The minimum Gasteiger partial charge on any atom is -0.346 e. The first-order valence-corrected chi connectivity index (χ1v) is 6.74. The van der Waals surface area contributed by atoms with Gasteiger partial charge in [0.15, 0.2) is 0 Å². The molecule has 0 aliphatic carbocycles. The molecule has 0 radical (unpaired) electrons. The molecule has 102 valence electrons. The number of aryl methyl sites for hydroxylation is 2. The van der Waals surface area contributed by atoms with Gasteiger partial charge in [-0.15, -0.1) is 0 Å². The number of imidazole rings is 1. The molecule has 0 aliphatic heterocycles. The first kappa shape index (κ1) is 13.8. The number of benzene rings is 1. The van der Waals surface area contributed by atoms with Gasteiger partial charge in [0, 0.05) is 17.7 Å². The Morgan fingerprint density at radius 3 is 2.37 bits per heavy atom. The smallest absolute Gasteiger partial charge is 0.107 e. The Kier molecular flexibility index (Phi) is 3.76. The van der Waals surface area contributed by atoms with E-state index in [0.29, 0.717) is 6.54 Å². The Morgan fingerprint density at radius 1 is 1.16 bits per heavy atom. The topological polar surface area (TPSA) is 54.7 Å². The molecule has 1 aromatic carbocycles. The van der Waals surface area contributed by atoms with Crippen LogP contribution in [0, 0.1) is 19.3 Å². The summed E-state index contributed by atoms with van der Waals surface area (Å²) in [5.74, 6) is 1.02. The van der Waals surface area contributed by atoms with Crippen molar-refractivity contribution >= 4 is 0 Å². The third-order valence-corrected chi connectivity index (χ3v) is 3.46. The third kappa shape index (κ3) is 3.24. The fourth-order valence-corrected chi connectivity index (χ4v) is 2.12. The second-order valence-electron chi connectivity index (χ2n) is 6.07. The standard InChI is InChI=1S/C16H23N3/c1-11-5-7-13(8-6-11)15-12(2)18-14(19-15)9-16(3,4)10-17/h5-8H,9-10,17H2,1-4H3,(H,18,19). The highest BCUT2D eigenvalue weighted by Crippen LogP contribution is 2.25. The van der Waals surface area contributed by atoms with Gasteiger partial charge in [-0.3, -0.25) is 0 Å². The predicted molar refractivity (Wildman–Crippen MR) is 80.0 cm³/mol. The van der Waals surface area contributed by atoms with Gasteiger partial charge in [-0.25, -0.2) is 4.98 Å². The molecule has 1 aromatic heterocycles. The lowest BCUT2D eigenvalue weighted by molar-refractivity contribution is 0.369. The Bertz CT molecular complexity index is 550. The number of aromatic nitrogens is 2. The number of rotatable bonds is 4. The molecule has 1 heterocycles. The molecule has 0 unspecified atom stereocenters. The molecule has 0 amide bonds. The highest BCUT2D eigenvalue weighted by atomic mass is 14.9. The van der Waals surface area contributed by atoms with Gasteiger partial charge in [0.2, 0.25) is 0 Å². The van der Waals surface area contributed by atoms with Crippen LogP contribution in [0.25, 0.3) is 11.3 Å². The van der Waals surface area contributed by atoms with Crippen LogP contribution in [0.3, 0.4) is 0 Å². The Hall–Kier alpha value is -1.61. The van der Waals surface area contributed by atoms with Crippen molar-refractivity contribution in [3.63, 3.8) is 0 Å². The van der Waals surface area contributed by atoms with Crippen LogP contribution in [0.4, 0.5) is 0 Å². The SMILES string of the molecule is Cc1ccc(-c2nc(CC(C)(C)CN)[nH]c2C)cc1. The molecule has 19 heavy (non-hydrogen) atoms. The van der Waals surface area contributed by atoms with E-state index in [1.165, 1.54) is 5.56 Å². The van der Waals surface area contributed by atoms with Crippen molar-refractivity contribution < 1.29 is 0 Å². The van der Waals surface area contributed by atoms with Gasteiger partial charge in [0.25, 0.3) is 0 Å². The number of hydrogen-bond acceptors (Lipinski definition) is 2. The lowest BCUT2D eigenvalue weighted by atomic mass is 9.89. The van der Waals surface area contributed by atoms with E-state index < -0.39 is 0 Å². The molecule has 0 fully saturated rings. The molecule has 0 saturated carbocycles. The van der Waals surface area contributed by atoms with E-state index in [9.17, 15) is 0 Å². The molecule has 0 spiro atoms. The minimum absolute atomic E-state index is 0.0782. The van der Waals surface area contributed by atoms with Crippen LogP contribution in [0.1, 0.15) is 30.9 Å². The zero-order chi connectivity index (χ0) is 14.0. The average Bonchev–Trinajstić information content (AvgIpc) is 2.70. The van der Waals surface area contributed by atoms with Crippen molar-refractivity contribution in [3.05, 3.63) is 41.3 Å².